The third-order valence-corrected chi connectivity index (χ3v) is 9.54. The number of amides is 2. The van der Waals surface area contributed by atoms with Crippen LogP contribution in [-0.4, -0.2) is 48.5 Å². The minimum absolute atomic E-state index is 0.0270. The lowest BCUT2D eigenvalue weighted by Gasteiger charge is -2.44. The number of carbonyl (C=O) groups is 3. The van der Waals surface area contributed by atoms with Crippen molar-refractivity contribution in [3.05, 3.63) is 35.9 Å². The van der Waals surface area contributed by atoms with Crippen molar-refractivity contribution in [3.8, 4) is 0 Å². The lowest BCUT2D eigenvalue weighted by molar-refractivity contribution is -0.138. The Hall–Kier alpha value is -1.86. The summed E-state index contributed by atoms with van der Waals surface area (Å²) in [6.45, 7) is 1.59. The fourth-order valence-electron chi connectivity index (χ4n) is 6.09. The van der Waals surface area contributed by atoms with Gasteiger partial charge in [0.15, 0.2) is 5.12 Å². The number of benzene rings is 1. The van der Waals surface area contributed by atoms with E-state index in [9.17, 15) is 14.4 Å². The SMILES string of the molecule is CNC(=O)[C@H](CC1CCCCC1)NC(=O)[C@]1([C@H](CCc2ccccc2)SC(C)=O)CC[C@H](OC)CC1. The summed E-state index contributed by atoms with van der Waals surface area (Å²) >= 11 is 1.30. The van der Waals surface area contributed by atoms with Gasteiger partial charge in [-0.25, -0.2) is 0 Å². The lowest BCUT2D eigenvalue weighted by atomic mass is 9.68. The van der Waals surface area contributed by atoms with Crippen molar-refractivity contribution in [1.82, 2.24) is 10.6 Å². The molecule has 2 atom stereocenters. The Morgan fingerprint density at radius 2 is 1.72 bits per heavy atom. The maximum Gasteiger partial charge on any atom is 0.242 e. The molecule has 200 valence electrons. The van der Waals surface area contributed by atoms with E-state index in [0.29, 0.717) is 25.2 Å². The first-order valence-electron chi connectivity index (χ1n) is 13.6. The molecule has 3 rings (SSSR count). The summed E-state index contributed by atoms with van der Waals surface area (Å²) in [5.41, 5.74) is 0.493. The van der Waals surface area contributed by atoms with Gasteiger partial charge in [0.1, 0.15) is 6.04 Å². The number of hydrogen-bond donors (Lipinski definition) is 2. The second kappa shape index (κ2) is 14.2. The Morgan fingerprint density at radius 3 is 2.31 bits per heavy atom. The quantitative estimate of drug-likeness (QED) is 0.430. The van der Waals surface area contributed by atoms with Crippen molar-refractivity contribution in [2.24, 2.45) is 11.3 Å². The highest BCUT2D eigenvalue weighted by Crippen LogP contribution is 2.47. The molecular formula is C29H44N2O4S. The molecule has 2 saturated carbocycles. The zero-order valence-electron chi connectivity index (χ0n) is 22.2. The summed E-state index contributed by atoms with van der Waals surface area (Å²) in [4.78, 5) is 39.4. The third-order valence-electron chi connectivity index (χ3n) is 8.23. The van der Waals surface area contributed by atoms with Crippen molar-refractivity contribution in [2.75, 3.05) is 14.2 Å². The highest BCUT2D eigenvalue weighted by atomic mass is 32.2. The monoisotopic (exact) mass is 516 g/mol. The molecule has 7 heteroatoms. The molecule has 0 aliphatic heterocycles. The number of nitrogens with one attached hydrogen (secondary N) is 2. The molecule has 0 saturated heterocycles. The van der Waals surface area contributed by atoms with E-state index < -0.39 is 11.5 Å². The number of aryl methyl sites for hydroxylation is 1. The van der Waals surface area contributed by atoms with Gasteiger partial charge in [-0.05, 0) is 56.4 Å². The van der Waals surface area contributed by atoms with Crippen molar-refractivity contribution in [2.45, 2.75) is 101 Å². The van der Waals surface area contributed by atoms with Crippen molar-refractivity contribution >= 4 is 28.7 Å². The van der Waals surface area contributed by atoms with E-state index in [0.717, 1.165) is 38.5 Å². The molecule has 0 unspecified atom stereocenters. The van der Waals surface area contributed by atoms with E-state index in [1.165, 1.54) is 36.6 Å². The van der Waals surface area contributed by atoms with Crippen molar-refractivity contribution in [3.63, 3.8) is 0 Å². The van der Waals surface area contributed by atoms with Crippen LogP contribution in [0.4, 0.5) is 0 Å². The van der Waals surface area contributed by atoms with Gasteiger partial charge in [-0.2, -0.15) is 0 Å². The zero-order valence-corrected chi connectivity index (χ0v) is 23.0. The molecule has 36 heavy (non-hydrogen) atoms. The zero-order chi connectivity index (χ0) is 26.0. The van der Waals surface area contributed by atoms with Crippen molar-refractivity contribution in [1.29, 1.82) is 0 Å². The highest BCUT2D eigenvalue weighted by molar-refractivity contribution is 8.14. The number of likely N-dealkylation sites (N-methyl/N-ethyl adjacent to an activating group) is 1. The largest absolute Gasteiger partial charge is 0.381 e. The average Bonchev–Trinajstić information content (AvgIpc) is 2.91. The molecule has 2 aliphatic carbocycles. The Bertz CT molecular complexity index is 848. The second-order valence-electron chi connectivity index (χ2n) is 10.6. The number of methoxy groups -OCH3 is 1. The van der Waals surface area contributed by atoms with Crippen LogP contribution in [-0.2, 0) is 25.5 Å². The topological polar surface area (TPSA) is 84.5 Å². The highest BCUT2D eigenvalue weighted by Gasteiger charge is 2.49. The smallest absolute Gasteiger partial charge is 0.242 e. The Morgan fingerprint density at radius 1 is 1.06 bits per heavy atom. The van der Waals surface area contributed by atoms with Crippen LogP contribution in [0.3, 0.4) is 0 Å². The van der Waals surface area contributed by atoms with Crippen LogP contribution in [0.2, 0.25) is 0 Å². The number of carbonyl (C=O) groups excluding carboxylic acids is 3. The maximum absolute atomic E-state index is 14.2. The van der Waals surface area contributed by atoms with Crippen LogP contribution in [0.1, 0.15) is 83.1 Å². The molecule has 0 heterocycles. The normalized spacial score (nSPS) is 24.5. The lowest BCUT2D eigenvalue weighted by Crippen LogP contribution is -2.56. The maximum atomic E-state index is 14.2. The number of hydrogen-bond acceptors (Lipinski definition) is 5. The van der Waals surface area contributed by atoms with Gasteiger partial charge in [0.25, 0.3) is 0 Å². The molecular weight excluding hydrogens is 472 g/mol. The standard InChI is InChI=1S/C29H44N2O4S/c1-21(32)36-26(15-14-22-10-6-4-7-11-22)29(18-16-24(35-3)17-19-29)28(34)31-25(27(33)30-2)20-23-12-8-5-9-13-23/h4,6-7,10-11,23-26H,5,8-9,12-20H2,1-3H3,(H,30,33)(H,31,34)/t24-,25-,26-,29+/m0/s1. The van der Waals surface area contributed by atoms with Crippen LogP contribution >= 0.6 is 11.8 Å². The van der Waals surface area contributed by atoms with Gasteiger partial charge in [-0.15, -0.1) is 0 Å². The fourth-order valence-corrected chi connectivity index (χ4v) is 7.30. The predicted octanol–water partition coefficient (Wildman–Crippen LogP) is 5.04. The van der Waals surface area contributed by atoms with E-state index in [1.54, 1.807) is 21.1 Å². The fraction of sp³-hybridized carbons (Fsp3) is 0.690. The van der Waals surface area contributed by atoms with Gasteiger partial charge >= 0.3 is 0 Å². The minimum Gasteiger partial charge on any atom is -0.381 e. The molecule has 1 aromatic carbocycles. The van der Waals surface area contributed by atoms with Crippen LogP contribution in [0.15, 0.2) is 30.3 Å². The number of ether oxygens (including phenoxy) is 1. The Labute approximate surface area is 221 Å². The molecule has 2 aliphatic rings. The molecule has 0 spiro atoms. The van der Waals surface area contributed by atoms with Gasteiger partial charge in [0.2, 0.25) is 11.8 Å². The van der Waals surface area contributed by atoms with Gasteiger partial charge in [-0.1, -0.05) is 74.2 Å². The minimum atomic E-state index is -0.709. The summed E-state index contributed by atoms with van der Waals surface area (Å²) in [6.07, 6.45) is 11.1. The molecule has 2 N–H and O–H groups in total. The van der Waals surface area contributed by atoms with Crippen LogP contribution in [0, 0.1) is 11.3 Å². The third kappa shape index (κ3) is 7.82. The van der Waals surface area contributed by atoms with Crippen LogP contribution in [0.25, 0.3) is 0 Å². The average molecular weight is 517 g/mol. The Balaban J connectivity index is 1.84. The predicted molar refractivity (Wildman–Crippen MR) is 146 cm³/mol. The van der Waals surface area contributed by atoms with Gasteiger partial charge < -0.3 is 15.4 Å². The first-order chi connectivity index (χ1) is 17.4. The molecule has 2 fully saturated rings. The Kier molecular flexibility index (Phi) is 11.3. The van der Waals surface area contributed by atoms with E-state index in [4.69, 9.17) is 4.74 Å². The second-order valence-corrected chi connectivity index (χ2v) is 12.0. The van der Waals surface area contributed by atoms with Gasteiger partial charge in [0, 0.05) is 26.3 Å². The summed E-state index contributed by atoms with van der Waals surface area (Å²) in [6, 6.07) is 9.69. The molecule has 0 bridgehead atoms. The molecule has 6 nitrogen and oxygen atoms in total. The summed E-state index contributed by atoms with van der Waals surface area (Å²) in [5, 5.41) is 5.83. The molecule has 1 aromatic rings. The van der Waals surface area contributed by atoms with E-state index in [2.05, 4.69) is 22.8 Å². The summed E-state index contributed by atoms with van der Waals surface area (Å²) in [7, 11) is 3.36. The molecule has 0 aromatic heterocycles. The first kappa shape index (κ1) is 28.7. The van der Waals surface area contributed by atoms with Gasteiger partial charge in [0.05, 0.1) is 11.5 Å². The van der Waals surface area contributed by atoms with Crippen LogP contribution < -0.4 is 10.6 Å². The number of rotatable bonds is 11. The van der Waals surface area contributed by atoms with E-state index >= 15 is 0 Å². The van der Waals surface area contributed by atoms with E-state index in [1.807, 2.05) is 18.2 Å². The summed E-state index contributed by atoms with van der Waals surface area (Å²) in [5.74, 6) is 0.255. The van der Waals surface area contributed by atoms with Crippen LogP contribution in [0.5, 0.6) is 0 Å². The molecule has 2 amide bonds. The number of thioether (sulfide) groups is 1. The summed E-state index contributed by atoms with van der Waals surface area (Å²) < 4.78 is 5.62. The van der Waals surface area contributed by atoms with Crippen molar-refractivity contribution < 1.29 is 19.1 Å². The van der Waals surface area contributed by atoms with Gasteiger partial charge in [-0.3, -0.25) is 14.4 Å². The van der Waals surface area contributed by atoms with E-state index in [-0.39, 0.29) is 28.3 Å². The first-order valence-corrected chi connectivity index (χ1v) is 14.5. The molecule has 0 radical (unpaired) electrons.